The largest absolute Gasteiger partial charge is 0.341 e. The predicted octanol–water partition coefficient (Wildman–Crippen LogP) is 4.25. The third-order valence-corrected chi connectivity index (χ3v) is 4.98. The molecule has 3 aromatic rings. The van der Waals surface area contributed by atoms with E-state index in [1.807, 2.05) is 0 Å². The number of aryl methyl sites for hydroxylation is 1. The van der Waals surface area contributed by atoms with Gasteiger partial charge >= 0.3 is 0 Å². The number of likely N-dealkylation sites (N-methyl/N-ethyl adjacent to an activating group) is 1. The van der Waals surface area contributed by atoms with E-state index in [0.29, 0.717) is 0 Å². The molecule has 0 fully saturated rings. The highest BCUT2D eigenvalue weighted by Crippen LogP contribution is 2.29. The Balaban J connectivity index is 1.78. The Bertz CT molecular complexity index is 799. The fourth-order valence-electron chi connectivity index (χ4n) is 3.56. The van der Waals surface area contributed by atoms with Gasteiger partial charge in [-0.05, 0) is 43.8 Å². The average molecular weight is 323 g/mol. The van der Waals surface area contributed by atoms with Crippen molar-refractivity contribution in [2.75, 3.05) is 26.2 Å². The van der Waals surface area contributed by atoms with Crippen molar-refractivity contribution < 1.29 is 0 Å². The fraction of sp³-hybridized carbons (Fsp3) is 0.429. The zero-order valence-electron chi connectivity index (χ0n) is 15.2. The predicted molar refractivity (Wildman–Crippen MR) is 105 cm³/mol. The zero-order chi connectivity index (χ0) is 16.9. The molecule has 3 heteroatoms. The Labute approximate surface area is 145 Å². The van der Waals surface area contributed by atoms with E-state index in [1.54, 1.807) is 0 Å². The highest BCUT2D eigenvalue weighted by atomic mass is 15.1. The molecule has 2 aromatic carbocycles. The number of nitrogens with zero attached hydrogens (tertiary/aromatic N) is 2. The Morgan fingerprint density at radius 1 is 0.917 bits per heavy atom. The quantitative estimate of drug-likeness (QED) is 0.626. The summed E-state index contributed by atoms with van der Waals surface area (Å²) in [6.45, 7) is 13.0. The Morgan fingerprint density at radius 2 is 1.67 bits per heavy atom. The summed E-state index contributed by atoms with van der Waals surface area (Å²) in [4.78, 5) is 2.45. The van der Waals surface area contributed by atoms with Gasteiger partial charge in [0.2, 0.25) is 0 Å². The first-order chi connectivity index (χ1) is 11.8. The highest BCUT2D eigenvalue weighted by Gasteiger charge is 2.09. The molecule has 0 spiro atoms. The van der Waals surface area contributed by atoms with Crippen molar-refractivity contribution in [3.63, 3.8) is 0 Å². The van der Waals surface area contributed by atoms with Crippen LogP contribution in [0.4, 0.5) is 0 Å². The smallest absolute Gasteiger partial charge is 0.0491 e. The topological polar surface area (TPSA) is 20.2 Å². The number of fused-ring (bicyclic) bond motifs is 3. The summed E-state index contributed by atoms with van der Waals surface area (Å²) in [6, 6.07) is 15.6. The Kier molecular flexibility index (Phi) is 5.54. The van der Waals surface area contributed by atoms with Crippen LogP contribution < -0.4 is 5.32 Å². The molecule has 3 nitrogen and oxygen atoms in total. The minimum absolute atomic E-state index is 0.933. The van der Waals surface area contributed by atoms with Crippen LogP contribution in [0.15, 0.2) is 42.5 Å². The van der Waals surface area contributed by atoms with Crippen LogP contribution in [-0.4, -0.2) is 35.6 Å². The number of benzene rings is 2. The monoisotopic (exact) mass is 323 g/mol. The van der Waals surface area contributed by atoms with E-state index in [9.17, 15) is 0 Å². The normalized spacial score (nSPS) is 11.8. The highest BCUT2D eigenvalue weighted by molar-refractivity contribution is 6.08. The van der Waals surface area contributed by atoms with E-state index >= 15 is 0 Å². The molecule has 0 unspecified atom stereocenters. The molecular weight excluding hydrogens is 294 g/mol. The van der Waals surface area contributed by atoms with Crippen LogP contribution in [0, 0.1) is 0 Å². The van der Waals surface area contributed by atoms with Gasteiger partial charge in [0, 0.05) is 48.0 Å². The molecule has 24 heavy (non-hydrogen) atoms. The van der Waals surface area contributed by atoms with Crippen molar-refractivity contribution in [3.05, 3.63) is 48.0 Å². The summed E-state index contributed by atoms with van der Waals surface area (Å²) in [7, 11) is 0. The molecule has 0 aliphatic heterocycles. The molecular formula is C21H29N3. The number of hydrogen-bond donors (Lipinski definition) is 1. The minimum atomic E-state index is 0.933. The van der Waals surface area contributed by atoms with Gasteiger partial charge in [0.15, 0.2) is 0 Å². The van der Waals surface area contributed by atoms with Gasteiger partial charge in [0.1, 0.15) is 0 Å². The van der Waals surface area contributed by atoms with Gasteiger partial charge in [0.05, 0.1) is 0 Å². The van der Waals surface area contributed by atoms with Crippen molar-refractivity contribution in [1.82, 2.24) is 14.8 Å². The van der Waals surface area contributed by atoms with E-state index < -0.39 is 0 Å². The van der Waals surface area contributed by atoms with Crippen molar-refractivity contribution >= 4 is 21.8 Å². The van der Waals surface area contributed by atoms with Crippen LogP contribution in [0.25, 0.3) is 21.8 Å². The van der Waals surface area contributed by atoms with Crippen LogP contribution in [0.5, 0.6) is 0 Å². The van der Waals surface area contributed by atoms with Crippen LogP contribution in [0.1, 0.15) is 26.3 Å². The molecule has 1 aromatic heterocycles. The standard InChI is InChI=1S/C21H29N3/c1-4-23(5-2)14-13-22-16-17-11-12-21-19(15-17)18-9-7-8-10-20(18)24(21)6-3/h7-12,15,22H,4-6,13-14,16H2,1-3H3. The zero-order valence-corrected chi connectivity index (χ0v) is 15.2. The molecule has 0 aliphatic rings. The summed E-state index contributed by atoms with van der Waals surface area (Å²) in [6.07, 6.45) is 0. The first-order valence-electron chi connectivity index (χ1n) is 9.21. The van der Waals surface area contributed by atoms with E-state index in [0.717, 1.165) is 39.3 Å². The van der Waals surface area contributed by atoms with Crippen LogP contribution in [0.2, 0.25) is 0 Å². The number of rotatable bonds is 8. The van der Waals surface area contributed by atoms with Gasteiger partial charge in [-0.3, -0.25) is 0 Å². The lowest BCUT2D eigenvalue weighted by molar-refractivity contribution is 0.302. The van der Waals surface area contributed by atoms with E-state index in [4.69, 9.17) is 0 Å². The molecule has 0 saturated heterocycles. The molecule has 0 aliphatic carbocycles. The van der Waals surface area contributed by atoms with Gasteiger partial charge in [0.25, 0.3) is 0 Å². The second-order valence-corrected chi connectivity index (χ2v) is 6.32. The summed E-state index contributed by atoms with van der Waals surface area (Å²) < 4.78 is 2.41. The molecule has 3 rings (SSSR count). The third-order valence-electron chi connectivity index (χ3n) is 4.98. The van der Waals surface area contributed by atoms with Crippen molar-refractivity contribution in [1.29, 1.82) is 0 Å². The number of para-hydroxylation sites is 1. The SMILES string of the molecule is CCN(CC)CCNCc1ccc2c(c1)c1ccccc1n2CC. The summed E-state index contributed by atoms with van der Waals surface area (Å²) in [5, 5.41) is 6.32. The lowest BCUT2D eigenvalue weighted by atomic mass is 10.1. The van der Waals surface area contributed by atoms with Crippen molar-refractivity contribution in [2.24, 2.45) is 0 Å². The summed E-state index contributed by atoms with van der Waals surface area (Å²) in [5.41, 5.74) is 4.04. The van der Waals surface area contributed by atoms with Crippen LogP contribution >= 0.6 is 0 Å². The number of aromatic nitrogens is 1. The number of nitrogens with one attached hydrogen (secondary N) is 1. The van der Waals surface area contributed by atoms with Gasteiger partial charge < -0.3 is 14.8 Å². The minimum Gasteiger partial charge on any atom is -0.341 e. The van der Waals surface area contributed by atoms with Gasteiger partial charge in [-0.15, -0.1) is 0 Å². The second-order valence-electron chi connectivity index (χ2n) is 6.32. The van der Waals surface area contributed by atoms with Crippen LogP contribution in [-0.2, 0) is 13.1 Å². The van der Waals surface area contributed by atoms with E-state index in [2.05, 4.69) is 78.0 Å². The number of hydrogen-bond acceptors (Lipinski definition) is 2. The maximum absolute atomic E-state index is 3.59. The average Bonchev–Trinajstić information content (AvgIpc) is 2.95. The summed E-state index contributed by atoms with van der Waals surface area (Å²) >= 11 is 0. The van der Waals surface area contributed by atoms with Gasteiger partial charge in [-0.1, -0.05) is 38.1 Å². The molecule has 0 atom stereocenters. The molecule has 0 bridgehead atoms. The maximum Gasteiger partial charge on any atom is 0.0491 e. The lowest BCUT2D eigenvalue weighted by Crippen LogP contribution is -2.31. The molecule has 1 heterocycles. The molecule has 1 N–H and O–H groups in total. The fourth-order valence-corrected chi connectivity index (χ4v) is 3.56. The second kappa shape index (κ2) is 7.82. The Hall–Kier alpha value is -1.84. The lowest BCUT2D eigenvalue weighted by Gasteiger charge is -2.18. The molecule has 0 radical (unpaired) electrons. The van der Waals surface area contributed by atoms with E-state index in [-0.39, 0.29) is 0 Å². The van der Waals surface area contributed by atoms with Crippen LogP contribution in [0.3, 0.4) is 0 Å². The molecule has 128 valence electrons. The van der Waals surface area contributed by atoms with Gasteiger partial charge in [-0.2, -0.15) is 0 Å². The van der Waals surface area contributed by atoms with E-state index in [1.165, 1.54) is 27.4 Å². The first-order valence-corrected chi connectivity index (χ1v) is 9.21. The Morgan fingerprint density at radius 3 is 2.42 bits per heavy atom. The van der Waals surface area contributed by atoms with Gasteiger partial charge in [-0.25, -0.2) is 0 Å². The summed E-state index contributed by atoms with van der Waals surface area (Å²) in [5.74, 6) is 0. The van der Waals surface area contributed by atoms with Crippen molar-refractivity contribution in [3.8, 4) is 0 Å². The van der Waals surface area contributed by atoms with Crippen molar-refractivity contribution in [2.45, 2.75) is 33.9 Å². The maximum atomic E-state index is 3.59. The first kappa shape index (κ1) is 17.0. The molecule has 0 amide bonds. The third kappa shape index (κ3) is 3.33. The molecule has 0 saturated carbocycles.